The Morgan fingerprint density at radius 1 is 1.26 bits per heavy atom. The first-order valence-electron chi connectivity index (χ1n) is 9.51. The molecule has 0 unspecified atom stereocenters. The quantitative estimate of drug-likeness (QED) is 0.528. The van der Waals surface area contributed by atoms with Crippen LogP contribution in [-0.2, 0) is 22.6 Å². The standard InChI is InChI=1S/C21H20FN3O5S/c1-27-17-4-2-13(3-5-17)20-24-25-21(30-20)31-11-18(26)23-7-6-14-8-16(22)9-15-10-28-12-29-19(14)15/h2-5,8-9H,6-7,10-12H2,1H3,(H,23,26). The Bertz CT molecular complexity index is 1060. The second-order valence-corrected chi connectivity index (χ2v) is 7.58. The van der Waals surface area contributed by atoms with E-state index in [9.17, 15) is 9.18 Å². The molecule has 0 saturated heterocycles. The number of methoxy groups -OCH3 is 1. The van der Waals surface area contributed by atoms with Crippen LogP contribution in [0.4, 0.5) is 4.39 Å². The SMILES string of the molecule is COc1ccc(-c2nnc(SCC(=O)NCCc3cc(F)cc4c3OCOC4)o2)cc1. The molecule has 31 heavy (non-hydrogen) atoms. The maximum absolute atomic E-state index is 13.8. The van der Waals surface area contributed by atoms with Crippen molar-refractivity contribution in [1.82, 2.24) is 15.5 Å². The lowest BCUT2D eigenvalue weighted by Crippen LogP contribution is -2.27. The van der Waals surface area contributed by atoms with Gasteiger partial charge in [0.25, 0.3) is 5.22 Å². The van der Waals surface area contributed by atoms with Gasteiger partial charge in [-0.2, -0.15) is 0 Å². The van der Waals surface area contributed by atoms with Gasteiger partial charge in [-0.1, -0.05) is 11.8 Å². The molecule has 10 heteroatoms. The van der Waals surface area contributed by atoms with Crippen molar-refractivity contribution in [3.05, 3.63) is 53.3 Å². The molecule has 0 aliphatic carbocycles. The number of ether oxygens (including phenoxy) is 3. The molecule has 1 N–H and O–H groups in total. The number of rotatable bonds is 8. The van der Waals surface area contributed by atoms with Gasteiger partial charge in [0.05, 0.1) is 19.5 Å². The number of aromatic nitrogens is 2. The van der Waals surface area contributed by atoms with Crippen molar-refractivity contribution < 1.29 is 27.8 Å². The van der Waals surface area contributed by atoms with E-state index in [-0.39, 0.29) is 24.3 Å². The van der Waals surface area contributed by atoms with Gasteiger partial charge in [-0.15, -0.1) is 10.2 Å². The lowest BCUT2D eigenvalue weighted by Gasteiger charge is -2.20. The normalized spacial score (nSPS) is 12.7. The van der Waals surface area contributed by atoms with Gasteiger partial charge in [-0.3, -0.25) is 4.79 Å². The van der Waals surface area contributed by atoms with Crippen molar-refractivity contribution in [2.24, 2.45) is 0 Å². The van der Waals surface area contributed by atoms with E-state index in [2.05, 4.69) is 15.5 Å². The van der Waals surface area contributed by atoms with Crippen molar-refractivity contribution in [2.75, 3.05) is 26.2 Å². The maximum Gasteiger partial charge on any atom is 0.277 e. The van der Waals surface area contributed by atoms with Gasteiger partial charge in [-0.25, -0.2) is 4.39 Å². The fraction of sp³-hybridized carbons (Fsp3) is 0.286. The number of fused-ring (bicyclic) bond motifs is 1. The highest BCUT2D eigenvalue weighted by Gasteiger charge is 2.17. The van der Waals surface area contributed by atoms with Crippen LogP contribution in [0.25, 0.3) is 11.5 Å². The number of hydrogen-bond acceptors (Lipinski definition) is 8. The molecule has 0 saturated carbocycles. The minimum Gasteiger partial charge on any atom is -0.497 e. The third kappa shape index (κ3) is 5.33. The summed E-state index contributed by atoms with van der Waals surface area (Å²) in [5, 5.41) is 11.1. The zero-order valence-corrected chi connectivity index (χ0v) is 17.5. The van der Waals surface area contributed by atoms with Crippen LogP contribution in [0, 0.1) is 5.82 Å². The number of hydrogen-bond donors (Lipinski definition) is 1. The highest BCUT2D eigenvalue weighted by molar-refractivity contribution is 7.99. The first-order chi connectivity index (χ1) is 15.1. The maximum atomic E-state index is 13.8. The van der Waals surface area contributed by atoms with Crippen LogP contribution in [0.15, 0.2) is 46.0 Å². The van der Waals surface area contributed by atoms with Crippen LogP contribution in [-0.4, -0.2) is 42.3 Å². The van der Waals surface area contributed by atoms with E-state index < -0.39 is 0 Å². The Morgan fingerprint density at radius 3 is 2.90 bits per heavy atom. The smallest absolute Gasteiger partial charge is 0.277 e. The third-order valence-electron chi connectivity index (χ3n) is 4.54. The monoisotopic (exact) mass is 445 g/mol. The molecular weight excluding hydrogens is 425 g/mol. The van der Waals surface area contributed by atoms with Crippen LogP contribution in [0.5, 0.6) is 11.5 Å². The summed E-state index contributed by atoms with van der Waals surface area (Å²) in [6.45, 7) is 0.795. The second kappa shape index (κ2) is 9.80. The molecule has 0 atom stereocenters. The summed E-state index contributed by atoms with van der Waals surface area (Å²) >= 11 is 1.15. The number of amides is 1. The van der Waals surface area contributed by atoms with E-state index >= 15 is 0 Å². The van der Waals surface area contributed by atoms with Crippen LogP contribution < -0.4 is 14.8 Å². The molecule has 1 aliphatic heterocycles. The van der Waals surface area contributed by atoms with Crippen molar-refractivity contribution in [3.8, 4) is 23.0 Å². The predicted octanol–water partition coefficient (Wildman–Crippen LogP) is 3.20. The van der Waals surface area contributed by atoms with Gasteiger partial charge in [0, 0.05) is 17.7 Å². The highest BCUT2D eigenvalue weighted by Crippen LogP contribution is 2.29. The zero-order chi connectivity index (χ0) is 21.6. The van der Waals surface area contributed by atoms with Crippen molar-refractivity contribution in [1.29, 1.82) is 0 Å². The Kier molecular flexibility index (Phi) is 6.68. The Hall–Kier alpha value is -3.11. The van der Waals surface area contributed by atoms with E-state index in [1.165, 1.54) is 12.1 Å². The molecule has 1 aromatic heterocycles. The summed E-state index contributed by atoms with van der Waals surface area (Å²) < 4.78 is 35.2. The Balaban J connectivity index is 1.26. The van der Waals surface area contributed by atoms with E-state index in [4.69, 9.17) is 18.6 Å². The molecule has 4 rings (SSSR count). The highest BCUT2D eigenvalue weighted by atomic mass is 32.2. The summed E-state index contributed by atoms with van der Waals surface area (Å²) in [5.41, 5.74) is 2.13. The average Bonchev–Trinajstić information content (AvgIpc) is 3.27. The Morgan fingerprint density at radius 2 is 2.10 bits per heavy atom. The Labute approximate surface area is 182 Å². The fourth-order valence-corrected chi connectivity index (χ4v) is 3.67. The van der Waals surface area contributed by atoms with Crippen LogP contribution in [0.3, 0.4) is 0 Å². The molecular formula is C21H20FN3O5S. The van der Waals surface area contributed by atoms with Gasteiger partial charge in [0.15, 0.2) is 6.79 Å². The van der Waals surface area contributed by atoms with Crippen molar-refractivity contribution >= 4 is 17.7 Å². The second-order valence-electron chi connectivity index (χ2n) is 6.65. The summed E-state index contributed by atoms with van der Waals surface area (Å²) in [4.78, 5) is 12.1. The fourth-order valence-electron chi connectivity index (χ4n) is 3.08. The summed E-state index contributed by atoms with van der Waals surface area (Å²) in [6.07, 6.45) is 0.443. The van der Waals surface area contributed by atoms with E-state index in [1.807, 2.05) is 12.1 Å². The molecule has 0 spiro atoms. The van der Waals surface area contributed by atoms with E-state index in [0.717, 1.165) is 23.1 Å². The third-order valence-corrected chi connectivity index (χ3v) is 5.36. The largest absolute Gasteiger partial charge is 0.497 e. The number of nitrogens with one attached hydrogen (secondary N) is 1. The molecule has 2 heterocycles. The molecule has 8 nitrogen and oxygen atoms in total. The van der Waals surface area contributed by atoms with Crippen LogP contribution in [0.1, 0.15) is 11.1 Å². The van der Waals surface area contributed by atoms with E-state index in [0.29, 0.717) is 47.6 Å². The van der Waals surface area contributed by atoms with E-state index in [1.54, 1.807) is 19.2 Å². The first-order valence-corrected chi connectivity index (χ1v) is 10.5. The molecule has 162 valence electrons. The number of benzene rings is 2. The van der Waals surface area contributed by atoms with Crippen LogP contribution in [0.2, 0.25) is 0 Å². The molecule has 0 fully saturated rings. The number of thioether (sulfide) groups is 1. The van der Waals surface area contributed by atoms with Gasteiger partial charge in [0.1, 0.15) is 17.3 Å². The number of carbonyl (C=O) groups excluding carboxylic acids is 1. The summed E-state index contributed by atoms with van der Waals surface area (Å²) in [6, 6.07) is 10.0. The minimum absolute atomic E-state index is 0.121. The molecule has 1 amide bonds. The van der Waals surface area contributed by atoms with Gasteiger partial charge < -0.3 is 23.9 Å². The van der Waals surface area contributed by atoms with Crippen LogP contribution >= 0.6 is 11.8 Å². The molecule has 2 aromatic carbocycles. The average molecular weight is 445 g/mol. The number of halogens is 1. The van der Waals surface area contributed by atoms with Crippen molar-refractivity contribution in [3.63, 3.8) is 0 Å². The predicted molar refractivity (Wildman–Crippen MR) is 110 cm³/mol. The van der Waals surface area contributed by atoms with Gasteiger partial charge in [-0.05, 0) is 48.4 Å². The van der Waals surface area contributed by atoms with Gasteiger partial charge in [0.2, 0.25) is 11.8 Å². The lowest BCUT2D eigenvalue weighted by molar-refractivity contribution is -0.118. The summed E-state index contributed by atoms with van der Waals surface area (Å²) in [5.74, 6) is 1.31. The molecule has 3 aromatic rings. The zero-order valence-electron chi connectivity index (χ0n) is 16.7. The minimum atomic E-state index is -0.353. The van der Waals surface area contributed by atoms with Crippen molar-refractivity contribution in [2.45, 2.75) is 18.3 Å². The number of carbonyl (C=O) groups is 1. The molecule has 0 radical (unpaired) electrons. The lowest BCUT2D eigenvalue weighted by atomic mass is 10.1. The molecule has 1 aliphatic rings. The summed E-state index contributed by atoms with van der Waals surface area (Å²) in [7, 11) is 1.59. The molecule has 0 bridgehead atoms. The first kappa shape index (κ1) is 21.1. The number of nitrogens with zero attached hydrogens (tertiary/aromatic N) is 2. The van der Waals surface area contributed by atoms with Gasteiger partial charge >= 0.3 is 0 Å². The topological polar surface area (TPSA) is 95.7 Å².